The second-order valence-electron chi connectivity index (χ2n) is 10.9. The molecule has 3 rings (SSSR count). The van der Waals surface area contributed by atoms with Crippen LogP contribution in [-0.2, 0) is 12.8 Å². The molecule has 0 saturated heterocycles. The molecular weight excluding hydrogens is 360 g/mol. The minimum atomic E-state index is 0.996. The molecule has 0 aromatic heterocycles. The van der Waals surface area contributed by atoms with Crippen LogP contribution >= 0.6 is 0 Å². The van der Waals surface area contributed by atoms with Gasteiger partial charge in [-0.1, -0.05) is 102 Å². The maximum absolute atomic E-state index is 2.41. The molecule has 2 aliphatic carbocycles. The molecule has 0 spiro atoms. The lowest BCUT2D eigenvalue weighted by atomic mass is 9.68. The highest BCUT2D eigenvalue weighted by Crippen LogP contribution is 2.43. The van der Waals surface area contributed by atoms with E-state index in [9.17, 15) is 0 Å². The van der Waals surface area contributed by atoms with Crippen molar-refractivity contribution in [1.29, 1.82) is 0 Å². The Morgan fingerprint density at radius 1 is 0.533 bits per heavy atom. The van der Waals surface area contributed by atoms with Crippen molar-refractivity contribution < 1.29 is 0 Å². The zero-order valence-corrected chi connectivity index (χ0v) is 20.3. The molecule has 0 nitrogen and oxygen atoms in total. The molecule has 0 bridgehead atoms. The van der Waals surface area contributed by atoms with Crippen molar-refractivity contribution in [3.05, 3.63) is 35.4 Å². The molecular formula is C30H50. The van der Waals surface area contributed by atoms with Crippen molar-refractivity contribution in [3.63, 3.8) is 0 Å². The third-order valence-corrected chi connectivity index (χ3v) is 8.60. The third kappa shape index (κ3) is 8.05. The predicted molar refractivity (Wildman–Crippen MR) is 133 cm³/mol. The first-order valence-corrected chi connectivity index (χ1v) is 13.9. The fraction of sp³-hybridized carbons (Fsp3) is 0.800. The van der Waals surface area contributed by atoms with Gasteiger partial charge in [-0.25, -0.2) is 0 Å². The molecule has 0 amide bonds. The van der Waals surface area contributed by atoms with E-state index in [0.29, 0.717) is 0 Å². The monoisotopic (exact) mass is 410 g/mol. The summed E-state index contributed by atoms with van der Waals surface area (Å²) in [5.74, 6) is 4.21. The summed E-state index contributed by atoms with van der Waals surface area (Å²) < 4.78 is 0. The van der Waals surface area contributed by atoms with E-state index in [-0.39, 0.29) is 0 Å². The summed E-state index contributed by atoms with van der Waals surface area (Å²) in [7, 11) is 0. The van der Waals surface area contributed by atoms with E-state index in [0.717, 1.165) is 23.7 Å². The van der Waals surface area contributed by atoms with E-state index >= 15 is 0 Å². The topological polar surface area (TPSA) is 0 Å². The van der Waals surface area contributed by atoms with Gasteiger partial charge < -0.3 is 0 Å². The van der Waals surface area contributed by atoms with Crippen LogP contribution < -0.4 is 0 Å². The van der Waals surface area contributed by atoms with Gasteiger partial charge in [-0.2, -0.15) is 0 Å². The molecule has 170 valence electrons. The van der Waals surface area contributed by atoms with E-state index in [1.54, 1.807) is 36.8 Å². The second kappa shape index (κ2) is 13.6. The number of hydrogen-bond donors (Lipinski definition) is 0. The molecule has 0 radical (unpaired) electrons. The number of hydrogen-bond acceptors (Lipinski definition) is 0. The van der Waals surface area contributed by atoms with Crippen molar-refractivity contribution in [3.8, 4) is 0 Å². The first-order chi connectivity index (χ1) is 14.8. The number of rotatable bonds is 12. The Morgan fingerprint density at radius 2 is 1.03 bits per heavy atom. The van der Waals surface area contributed by atoms with Crippen molar-refractivity contribution in [2.75, 3.05) is 0 Å². The number of benzene rings is 1. The molecule has 0 aliphatic heterocycles. The van der Waals surface area contributed by atoms with Gasteiger partial charge in [0.2, 0.25) is 0 Å². The Morgan fingerprint density at radius 3 is 1.57 bits per heavy atom. The minimum Gasteiger partial charge on any atom is -0.0654 e. The lowest BCUT2D eigenvalue weighted by Gasteiger charge is -2.38. The van der Waals surface area contributed by atoms with Crippen LogP contribution in [0.5, 0.6) is 0 Å². The highest BCUT2D eigenvalue weighted by molar-refractivity contribution is 5.22. The van der Waals surface area contributed by atoms with Crippen molar-refractivity contribution in [2.45, 2.75) is 129 Å². The summed E-state index contributed by atoms with van der Waals surface area (Å²) in [6.45, 7) is 4.63. The summed E-state index contributed by atoms with van der Waals surface area (Å²) >= 11 is 0. The van der Waals surface area contributed by atoms with E-state index in [4.69, 9.17) is 0 Å². The first-order valence-electron chi connectivity index (χ1n) is 13.9. The van der Waals surface area contributed by atoms with Crippen LogP contribution in [0.2, 0.25) is 0 Å². The summed E-state index contributed by atoms with van der Waals surface area (Å²) in [6.07, 6.45) is 26.1. The van der Waals surface area contributed by atoms with Crippen molar-refractivity contribution in [1.82, 2.24) is 0 Å². The Labute approximate surface area is 188 Å². The molecule has 0 N–H and O–H groups in total. The van der Waals surface area contributed by atoms with Crippen LogP contribution in [0.4, 0.5) is 0 Å². The molecule has 0 heteroatoms. The summed E-state index contributed by atoms with van der Waals surface area (Å²) in [5, 5.41) is 0. The van der Waals surface area contributed by atoms with Crippen LogP contribution in [0.25, 0.3) is 0 Å². The molecule has 1 aromatic carbocycles. The minimum absolute atomic E-state index is 0.996. The molecule has 0 unspecified atom stereocenters. The van der Waals surface area contributed by atoms with Crippen LogP contribution in [-0.4, -0.2) is 0 Å². The number of unbranched alkanes of at least 4 members (excludes halogenated alkanes) is 4. The Balaban J connectivity index is 1.30. The SMILES string of the molecule is CCCCCCc1ccc(CC[C@H]2CC[C@H]([C@H]3CC[C@H](CCCC)CC3)CC2)cc1. The van der Waals surface area contributed by atoms with E-state index in [1.165, 1.54) is 89.9 Å². The van der Waals surface area contributed by atoms with Gasteiger partial charge in [0.05, 0.1) is 0 Å². The average Bonchev–Trinajstić information content (AvgIpc) is 2.81. The summed E-state index contributed by atoms with van der Waals surface area (Å²) in [4.78, 5) is 0. The van der Waals surface area contributed by atoms with Gasteiger partial charge in [-0.3, -0.25) is 0 Å². The van der Waals surface area contributed by atoms with Gasteiger partial charge in [-0.15, -0.1) is 0 Å². The van der Waals surface area contributed by atoms with Crippen LogP contribution in [0, 0.1) is 23.7 Å². The largest absolute Gasteiger partial charge is 0.0654 e. The van der Waals surface area contributed by atoms with Crippen LogP contribution in [0.15, 0.2) is 24.3 Å². The van der Waals surface area contributed by atoms with Gasteiger partial charge in [-0.05, 0) is 86.2 Å². The number of aryl methyl sites for hydroxylation is 2. The van der Waals surface area contributed by atoms with Gasteiger partial charge in [0.25, 0.3) is 0 Å². The van der Waals surface area contributed by atoms with E-state index in [1.807, 2.05) is 0 Å². The average molecular weight is 411 g/mol. The third-order valence-electron chi connectivity index (χ3n) is 8.60. The normalized spacial score (nSPS) is 27.3. The Hall–Kier alpha value is -0.780. The molecule has 0 atom stereocenters. The highest BCUT2D eigenvalue weighted by Gasteiger charge is 2.30. The van der Waals surface area contributed by atoms with Crippen LogP contribution in [0.3, 0.4) is 0 Å². The maximum atomic E-state index is 2.41. The van der Waals surface area contributed by atoms with Gasteiger partial charge in [0, 0.05) is 0 Å². The lowest BCUT2D eigenvalue weighted by Crippen LogP contribution is -2.26. The summed E-state index contributed by atoms with van der Waals surface area (Å²) in [6, 6.07) is 9.62. The fourth-order valence-electron chi connectivity index (χ4n) is 6.39. The molecule has 1 aromatic rings. The molecule has 2 saturated carbocycles. The zero-order valence-electron chi connectivity index (χ0n) is 20.3. The smallest absolute Gasteiger partial charge is 0.0276 e. The highest BCUT2D eigenvalue weighted by atomic mass is 14.4. The fourth-order valence-corrected chi connectivity index (χ4v) is 6.39. The van der Waals surface area contributed by atoms with Crippen molar-refractivity contribution in [2.24, 2.45) is 23.7 Å². The molecule has 2 aliphatic rings. The van der Waals surface area contributed by atoms with Crippen molar-refractivity contribution >= 4 is 0 Å². The maximum Gasteiger partial charge on any atom is -0.0276 e. The standard InChI is InChI=1S/C30H50/c1-3-5-7-8-10-26-11-13-27(14-12-26)15-16-28-19-23-30(24-20-28)29-21-17-25(18-22-29)9-6-4-2/h11-14,25,28-30H,3-10,15-24H2,1-2H3/t25-,28-,29-,30-. The lowest BCUT2D eigenvalue weighted by molar-refractivity contribution is 0.140. The second-order valence-corrected chi connectivity index (χ2v) is 10.9. The first kappa shape index (κ1) is 23.9. The van der Waals surface area contributed by atoms with E-state index in [2.05, 4.69) is 38.1 Å². The Bertz CT molecular complexity index is 540. The molecule has 30 heavy (non-hydrogen) atoms. The quantitative estimate of drug-likeness (QED) is 0.301. The Kier molecular flexibility index (Phi) is 10.8. The predicted octanol–water partition coefficient (Wildman–Crippen LogP) is 9.54. The van der Waals surface area contributed by atoms with Gasteiger partial charge in [0.15, 0.2) is 0 Å². The van der Waals surface area contributed by atoms with Crippen LogP contribution in [0.1, 0.15) is 128 Å². The molecule has 2 fully saturated rings. The zero-order chi connectivity index (χ0) is 21.0. The van der Waals surface area contributed by atoms with Gasteiger partial charge >= 0.3 is 0 Å². The summed E-state index contributed by atoms with van der Waals surface area (Å²) in [5.41, 5.74) is 3.11. The molecule has 0 heterocycles. The van der Waals surface area contributed by atoms with Gasteiger partial charge in [0.1, 0.15) is 0 Å². The van der Waals surface area contributed by atoms with E-state index < -0.39 is 0 Å².